The van der Waals surface area contributed by atoms with Gasteiger partial charge in [0.2, 0.25) is 0 Å². The predicted molar refractivity (Wildman–Crippen MR) is 72.3 cm³/mol. The second kappa shape index (κ2) is 5.00. The van der Waals surface area contributed by atoms with E-state index in [1.54, 1.807) is 0 Å². The maximum atomic E-state index is 5.78. The molecule has 0 aromatic heterocycles. The first-order chi connectivity index (χ1) is 8.75. The van der Waals surface area contributed by atoms with Crippen LogP contribution in [0.2, 0.25) is 0 Å². The van der Waals surface area contributed by atoms with Crippen LogP contribution in [0.25, 0.3) is 0 Å². The highest BCUT2D eigenvalue weighted by molar-refractivity contribution is 5.34. The Balaban J connectivity index is 1.54. The Bertz CT molecular complexity index is 425. The molecule has 0 saturated carbocycles. The summed E-state index contributed by atoms with van der Waals surface area (Å²) in [6.07, 6.45) is 2.37. The fourth-order valence-corrected chi connectivity index (χ4v) is 2.91. The zero-order valence-electron chi connectivity index (χ0n) is 11.1. The van der Waals surface area contributed by atoms with Crippen LogP contribution in [0.15, 0.2) is 18.2 Å². The average Bonchev–Trinajstić information content (AvgIpc) is 2.97. The molecule has 1 unspecified atom stereocenters. The molecule has 0 amide bonds. The first kappa shape index (κ1) is 12.2. The van der Waals surface area contributed by atoms with E-state index >= 15 is 0 Å². The molecule has 2 aliphatic heterocycles. The Morgan fingerprint density at radius 3 is 3.06 bits per heavy atom. The van der Waals surface area contributed by atoms with Gasteiger partial charge >= 0.3 is 0 Å². The molecule has 98 valence electrons. The summed E-state index contributed by atoms with van der Waals surface area (Å²) in [5.41, 5.74) is 4.33. The van der Waals surface area contributed by atoms with E-state index in [4.69, 9.17) is 4.74 Å². The molecule has 3 rings (SSSR count). The fraction of sp³-hybridized carbons (Fsp3) is 0.600. The highest BCUT2D eigenvalue weighted by atomic mass is 16.5. The fourth-order valence-electron chi connectivity index (χ4n) is 2.91. The lowest BCUT2D eigenvalue weighted by Crippen LogP contribution is -2.36. The number of benzene rings is 1. The molecule has 2 aliphatic rings. The van der Waals surface area contributed by atoms with Crippen LogP contribution in [0.5, 0.6) is 0 Å². The number of hydrogen-bond acceptors (Lipinski definition) is 3. The molecule has 1 aromatic rings. The van der Waals surface area contributed by atoms with Crippen molar-refractivity contribution in [1.29, 1.82) is 0 Å². The van der Waals surface area contributed by atoms with E-state index in [1.807, 2.05) is 0 Å². The predicted octanol–water partition coefficient (Wildman–Crippen LogP) is 1.95. The van der Waals surface area contributed by atoms with Gasteiger partial charge in [-0.1, -0.05) is 18.2 Å². The standard InChI is InChI=1S/C15H22N2O/c1-15(5-2-6-18-15)11-17-8-12-3-4-13-9-16-10-14(13)7-12/h3-4,7,16-17H,2,5-6,8-11H2,1H3. The average molecular weight is 246 g/mol. The van der Waals surface area contributed by atoms with Gasteiger partial charge in [0.25, 0.3) is 0 Å². The van der Waals surface area contributed by atoms with Crippen molar-refractivity contribution in [2.45, 2.75) is 45.0 Å². The van der Waals surface area contributed by atoms with Crippen LogP contribution in [0.4, 0.5) is 0 Å². The van der Waals surface area contributed by atoms with Crippen molar-refractivity contribution in [3.8, 4) is 0 Å². The summed E-state index contributed by atoms with van der Waals surface area (Å²) < 4.78 is 5.78. The van der Waals surface area contributed by atoms with Gasteiger partial charge in [-0.3, -0.25) is 0 Å². The van der Waals surface area contributed by atoms with Crippen molar-refractivity contribution in [2.75, 3.05) is 13.2 Å². The lowest BCUT2D eigenvalue weighted by molar-refractivity contribution is 0.0207. The summed E-state index contributed by atoms with van der Waals surface area (Å²) in [6, 6.07) is 6.80. The highest BCUT2D eigenvalue weighted by Crippen LogP contribution is 2.24. The molecule has 0 bridgehead atoms. The molecule has 1 aromatic carbocycles. The van der Waals surface area contributed by atoms with Crippen molar-refractivity contribution in [1.82, 2.24) is 10.6 Å². The quantitative estimate of drug-likeness (QED) is 0.852. The van der Waals surface area contributed by atoms with Crippen molar-refractivity contribution >= 4 is 0 Å². The molecule has 0 radical (unpaired) electrons. The van der Waals surface area contributed by atoms with E-state index in [2.05, 4.69) is 35.8 Å². The first-order valence-corrected chi connectivity index (χ1v) is 6.91. The summed E-state index contributed by atoms with van der Waals surface area (Å²) in [5, 5.41) is 6.91. The third kappa shape index (κ3) is 2.58. The molecule has 0 spiro atoms. The van der Waals surface area contributed by atoms with Gasteiger partial charge in [-0.2, -0.15) is 0 Å². The second-order valence-electron chi connectivity index (χ2n) is 5.71. The number of fused-ring (bicyclic) bond motifs is 1. The molecule has 2 heterocycles. The van der Waals surface area contributed by atoms with Crippen LogP contribution in [0.1, 0.15) is 36.5 Å². The van der Waals surface area contributed by atoms with E-state index in [-0.39, 0.29) is 5.60 Å². The Morgan fingerprint density at radius 2 is 2.22 bits per heavy atom. The van der Waals surface area contributed by atoms with Crippen molar-refractivity contribution in [3.05, 3.63) is 34.9 Å². The van der Waals surface area contributed by atoms with Gasteiger partial charge in [-0.05, 0) is 36.5 Å². The minimum atomic E-state index is 0.0539. The number of rotatable bonds is 4. The van der Waals surface area contributed by atoms with Crippen LogP contribution < -0.4 is 10.6 Å². The van der Waals surface area contributed by atoms with Gasteiger partial charge in [0.1, 0.15) is 0 Å². The van der Waals surface area contributed by atoms with E-state index in [1.165, 1.54) is 29.5 Å². The Kier molecular flexibility index (Phi) is 3.37. The van der Waals surface area contributed by atoms with Crippen LogP contribution in [0.3, 0.4) is 0 Å². The number of hydrogen-bond donors (Lipinski definition) is 2. The molecule has 0 aliphatic carbocycles. The largest absolute Gasteiger partial charge is 0.374 e. The third-order valence-electron chi connectivity index (χ3n) is 4.03. The third-order valence-corrected chi connectivity index (χ3v) is 4.03. The topological polar surface area (TPSA) is 33.3 Å². The van der Waals surface area contributed by atoms with Crippen molar-refractivity contribution in [2.24, 2.45) is 0 Å². The minimum Gasteiger partial charge on any atom is -0.374 e. The molecule has 1 atom stereocenters. The maximum Gasteiger partial charge on any atom is 0.0779 e. The monoisotopic (exact) mass is 246 g/mol. The normalized spacial score (nSPS) is 26.5. The Labute approximate surface area is 109 Å². The summed E-state index contributed by atoms with van der Waals surface area (Å²) in [4.78, 5) is 0. The Morgan fingerprint density at radius 1 is 1.33 bits per heavy atom. The zero-order valence-corrected chi connectivity index (χ0v) is 11.1. The summed E-state index contributed by atoms with van der Waals surface area (Å²) >= 11 is 0. The van der Waals surface area contributed by atoms with Crippen molar-refractivity contribution < 1.29 is 4.74 Å². The summed E-state index contributed by atoms with van der Waals surface area (Å²) in [5.74, 6) is 0. The van der Waals surface area contributed by atoms with Crippen LogP contribution >= 0.6 is 0 Å². The lowest BCUT2D eigenvalue weighted by atomic mass is 10.0. The second-order valence-corrected chi connectivity index (χ2v) is 5.71. The van der Waals surface area contributed by atoms with Gasteiger partial charge < -0.3 is 15.4 Å². The molecular weight excluding hydrogens is 224 g/mol. The minimum absolute atomic E-state index is 0.0539. The van der Waals surface area contributed by atoms with Gasteiger partial charge in [-0.15, -0.1) is 0 Å². The summed E-state index contributed by atoms with van der Waals surface area (Å²) in [6.45, 7) is 7.05. The lowest BCUT2D eigenvalue weighted by Gasteiger charge is -2.23. The molecule has 3 heteroatoms. The molecule has 1 fully saturated rings. The molecule has 2 N–H and O–H groups in total. The van der Waals surface area contributed by atoms with E-state index < -0.39 is 0 Å². The smallest absolute Gasteiger partial charge is 0.0779 e. The van der Waals surface area contributed by atoms with Crippen LogP contribution in [-0.2, 0) is 24.4 Å². The van der Waals surface area contributed by atoms with Gasteiger partial charge in [0.15, 0.2) is 0 Å². The Hall–Kier alpha value is -0.900. The van der Waals surface area contributed by atoms with Crippen LogP contribution in [0, 0.1) is 0 Å². The number of nitrogens with one attached hydrogen (secondary N) is 2. The van der Waals surface area contributed by atoms with Crippen molar-refractivity contribution in [3.63, 3.8) is 0 Å². The van der Waals surface area contributed by atoms with Crippen LogP contribution in [-0.4, -0.2) is 18.8 Å². The summed E-state index contributed by atoms with van der Waals surface area (Å²) in [7, 11) is 0. The SMILES string of the molecule is CC1(CNCc2ccc3c(c2)CNC3)CCCO1. The number of ether oxygens (including phenoxy) is 1. The zero-order chi connectivity index (χ0) is 12.4. The van der Waals surface area contributed by atoms with Gasteiger partial charge in [0.05, 0.1) is 5.60 Å². The molecule has 1 saturated heterocycles. The molecule has 18 heavy (non-hydrogen) atoms. The highest BCUT2D eigenvalue weighted by Gasteiger charge is 2.28. The van der Waals surface area contributed by atoms with E-state index in [9.17, 15) is 0 Å². The molecular formula is C15H22N2O. The van der Waals surface area contributed by atoms with Gasteiger partial charge in [-0.25, -0.2) is 0 Å². The van der Waals surface area contributed by atoms with Gasteiger partial charge in [0, 0.05) is 32.8 Å². The maximum absolute atomic E-state index is 5.78. The molecule has 3 nitrogen and oxygen atoms in total. The first-order valence-electron chi connectivity index (χ1n) is 6.91. The van der Waals surface area contributed by atoms with E-state index in [0.29, 0.717) is 0 Å². The van der Waals surface area contributed by atoms with E-state index in [0.717, 1.165) is 32.8 Å².